The Labute approximate surface area is 66.9 Å². The number of carbonyl (C=O) groups is 2. The van der Waals surface area contributed by atoms with Crippen molar-refractivity contribution in [2.24, 2.45) is 17.4 Å². The normalized spacial score (nSPS) is 8.45. The van der Waals surface area contributed by atoms with Crippen LogP contribution in [-0.4, -0.2) is 18.2 Å². The summed E-state index contributed by atoms with van der Waals surface area (Å²) in [5.74, 6) is -0.106. The highest BCUT2D eigenvalue weighted by molar-refractivity contribution is 5.81. The van der Waals surface area contributed by atoms with E-state index in [0.717, 1.165) is 0 Å². The summed E-state index contributed by atoms with van der Waals surface area (Å²) in [4.78, 5) is 19.6. The predicted octanol–water partition coefficient (Wildman–Crippen LogP) is -0.338. The van der Waals surface area contributed by atoms with Crippen molar-refractivity contribution in [1.29, 1.82) is 0 Å². The van der Waals surface area contributed by atoms with E-state index in [4.69, 9.17) is 5.73 Å². The summed E-state index contributed by atoms with van der Waals surface area (Å²) in [5.41, 5.74) is 9.50. The number of hydrogen-bond acceptors (Lipinski definition) is 3. The van der Waals surface area contributed by atoms with Gasteiger partial charge < -0.3 is 11.5 Å². The van der Waals surface area contributed by atoms with Crippen LogP contribution in [0.2, 0.25) is 0 Å². The molecule has 0 aliphatic heterocycles. The standard InChI is InChI=1S/C5H11NO.C2H5NO/c1-4(2)5(7)3-6;1-2(3)4/h4H,3,6H2,1-2H3;1H3,(H2,3,4). The van der Waals surface area contributed by atoms with Crippen molar-refractivity contribution in [3.05, 3.63) is 0 Å². The highest BCUT2D eigenvalue weighted by Crippen LogP contribution is 1.89. The van der Waals surface area contributed by atoms with Crippen LogP contribution >= 0.6 is 0 Å². The van der Waals surface area contributed by atoms with Gasteiger partial charge in [0.25, 0.3) is 0 Å². The molecule has 0 heterocycles. The zero-order valence-corrected chi connectivity index (χ0v) is 7.26. The molecule has 4 N–H and O–H groups in total. The van der Waals surface area contributed by atoms with Crippen LogP contribution in [0.4, 0.5) is 0 Å². The first-order valence-electron chi connectivity index (χ1n) is 3.40. The molecule has 1 amide bonds. The number of rotatable bonds is 2. The molecule has 0 unspecified atom stereocenters. The van der Waals surface area contributed by atoms with E-state index >= 15 is 0 Å². The zero-order chi connectivity index (χ0) is 9.44. The molecule has 4 nitrogen and oxygen atoms in total. The molecule has 0 aliphatic rings. The van der Waals surface area contributed by atoms with Gasteiger partial charge >= 0.3 is 0 Å². The molecule has 0 atom stereocenters. The van der Waals surface area contributed by atoms with Crippen LogP contribution in [-0.2, 0) is 9.59 Å². The molecule has 0 saturated carbocycles. The zero-order valence-electron chi connectivity index (χ0n) is 7.26. The van der Waals surface area contributed by atoms with Gasteiger partial charge in [0.1, 0.15) is 5.78 Å². The van der Waals surface area contributed by atoms with Crippen molar-refractivity contribution in [2.75, 3.05) is 6.54 Å². The van der Waals surface area contributed by atoms with Gasteiger partial charge in [0.2, 0.25) is 5.91 Å². The highest BCUT2D eigenvalue weighted by atomic mass is 16.1. The summed E-state index contributed by atoms with van der Waals surface area (Å²) in [6.07, 6.45) is 0. The monoisotopic (exact) mass is 160 g/mol. The molecule has 4 heteroatoms. The molecular weight excluding hydrogens is 144 g/mol. The van der Waals surface area contributed by atoms with Crippen molar-refractivity contribution in [2.45, 2.75) is 20.8 Å². The number of ketones is 1. The average Bonchev–Trinajstić information content (AvgIpc) is 1.85. The summed E-state index contributed by atoms with van der Waals surface area (Å²) in [6.45, 7) is 5.17. The molecule has 0 aromatic carbocycles. The summed E-state index contributed by atoms with van der Waals surface area (Å²) in [7, 11) is 0. The van der Waals surface area contributed by atoms with Crippen LogP contribution in [0, 0.1) is 5.92 Å². The smallest absolute Gasteiger partial charge is 0.214 e. The van der Waals surface area contributed by atoms with Gasteiger partial charge in [0.15, 0.2) is 0 Å². The van der Waals surface area contributed by atoms with Crippen LogP contribution in [0.25, 0.3) is 0 Å². The van der Waals surface area contributed by atoms with Crippen LogP contribution in [0.5, 0.6) is 0 Å². The molecule has 0 aromatic heterocycles. The molecule has 0 aliphatic carbocycles. The van der Waals surface area contributed by atoms with E-state index in [9.17, 15) is 9.59 Å². The largest absolute Gasteiger partial charge is 0.370 e. The van der Waals surface area contributed by atoms with Gasteiger partial charge in [-0.1, -0.05) is 13.8 Å². The third-order valence-electron chi connectivity index (χ3n) is 0.845. The van der Waals surface area contributed by atoms with Gasteiger partial charge in [-0.15, -0.1) is 0 Å². The first kappa shape index (κ1) is 12.7. The Morgan fingerprint density at radius 3 is 1.64 bits per heavy atom. The Hall–Kier alpha value is -0.900. The molecule has 0 aromatic rings. The minimum atomic E-state index is -0.333. The lowest BCUT2D eigenvalue weighted by atomic mass is 10.1. The van der Waals surface area contributed by atoms with Crippen LogP contribution in [0.15, 0.2) is 0 Å². The van der Waals surface area contributed by atoms with E-state index in [-0.39, 0.29) is 24.2 Å². The first-order valence-corrected chi connectivity index (χ1v) is 3.40. The fraction of sp³-hybridized carbons (Fsp3) is 0.714. The molecule has 0 radical (unpaired) electrons. The maximum absolute atomic E-state index is 10.4. The van der Waals surface area contributed by atoms with Gasteiger partial charge in [-0.3, -0.25) is 9.59 Å². The maximum atomic E-state index is 10.4. The summed E-state index contributed by atoms with van der Waals surface area (Å²) in [5, 5.41) is 0. The second-order valence-electron chi connectivity index (χ2n) is 2.44. The maximum Gasteiger partial charge on any atom is 0.214 e. The summed E-state index contributed by atoms with van der Waals surface area (Å²) in [6, 6.07) is 0. The number of Topliss-reactive ketones (excluding diaryl/α,β-unsaturated/α-hetero) is 1. The van der Waals surface area contributed by atoms with Gasteiger partial charge in [-0.2, -0.15) is 0 Å². The molecule has 0 spiro atoms. The van der Waals surface area contributed by atoms with Gasteiger partial charge in [0, 0.05) is 12.8 Å². The molecule has 0 bridgehead atoms. The number of amides is 1. The van der Waals surface area contributed by atoms with Crippen molar-refractivity contribution in [3.63, 3.8) is 0 Å². The molecule has 0 rings (SSSR count). The second kappa shape index (κ2) is 7.21. The Morgan fingerprint density at radius 1 is 1.36 bits per heavy atom. The summed E-state index contributed by atoms with van der Waals surface area (Å²) >= 11 is 0. The third-order valence-corrected chi connectivity index (χ3v) is 0.845. The van der Waals surface area contributed by atoms with E-state index in [1.807, 2.05) is 13.8 Å². The molecular formula is C7H16N2O2. The Balaban J connectivity index is 0. The van der Waals surface area contributed by atoms with Crippen LogP contribution < -0.4 is 11.5 Å². The lowest BCUT2D eigenvalue weighted by Crippen LogP contribution is -2.18. The Kier molecular flexibility index (Phi) is 8.36. The van der Waals surface area contributed by atoms with Crippen molar-refractivity contribution < 1.29 is 9.59 Å². The van der Waals surface area contributed by atoms with Gasteiger partial charge in [-0.25, -0.2) is 0 Å². The lowest BCUT2D eigenvalue weighted by Gasteiger charge is -1.96. The lowest BCUT2D eigenvalue weighted by molar-refractivity contribution is -0.120. The quantitative estimate of drug-likeness (QED) is 0.579. The summed E-state index contributed by atoms with van der Waals surface area (Å²) < 4.78 is 0. The number of carbonyl (C=O) groups excluding carboxylic acids is 2. The van der Waals surface area contributed by atoms with Crippen molar-refractivity contribution in [1.82, 2.24) is 0 Å². The Bertz CT molecular complexity index is 128. The third kappa shape index (κ3) is 17.6. The second-order valence-corrected chi connectivity index (χ2v) is 2.44. The van der Waals surface area contributed by atoms with Crippen molar-refractivity contribution in [3.8, 4) is 0 Å². The predicted molar refractivity (Wildman–Crippen MR) is 43.8 cm³/mol. The van der Waals surface area contributed by atoms with Gasteiger partial charge in [0.05, 0.1) is 6.54 Å². The van der Waals surface area contributed by atoms with E-state index in [2.05, 4.69) is 5.73 Å². The minimum Gasteiger partial charge on any atom is -0.370 e. The van der Waals surface area contributed by atoms with Crippen LogP contribution in [0.1, 0.15) is 20.8 Å². The molecule has 0 fully saturated rings. The number of hydrogen-bond donors (Lipinski definition) is 2. The SMILES string of the molecule is CC(C)C(=O)CN.CC(N)=O. The van der Waals surface area contributed by atoms with E-state index < -0.39 is 0 Å². The average molecular weight is 160 g/mol. The molecule has 11 heavy (non-hydrogen) atoms. The van der Waals surface area contributed by atoms with Crippen LogP contribution in [0.3, 0.4) is 0 Å². The fourth-order valence-electron chi connectivity index (χ4n) is 0.236. The molecule has 0 saturated heterocycles. The first-order chi connectivity index (χ1) is 4.91. The number of nitrogens with two attached hydrogens (primary N) is 2. The van der Waals surface area contributed by atoms with Crippen molar-refractivity contribution >= 4 is 11.7 Å². The minimum absolute atomic E-state index is 0.102. The topological polar surface area (TPSA) is 86.2 Å². The fourth-order valence-corrected chi connectivity index (χ4v) is 0.236. The van der Waals surface area contributed by atoms with E-state index in [0.29, 0.717) is 0 Å². The molecule has 66 valence electrons. The van der Waals surface area contributed by atoms with E-state index in [1.54, 1.807) is 0 Å². The van der Waals surface area contributed by atoms with Gasteiger partial charge in [-0.05, 0) is 0 Å². The highest BCUT2D eigenvalue weighted by Gasteiger charge is 2.01. The Morgan fingerprint density at radius 2 is 1.64 bits per heavy atom. The number of primary amides is 1. The van der Waals surface area contributed by atoms with E-state index in [1.165, 1.54) is 6.92 Å².